The van der Waals surface area contributed by atoms with E-state index in [1.165, 1.54) is 6.42 Å². The Morgan fingerprint density at radius 1 is 1.11 bits per heavy atom. The van der Waals surface area contributed by atoms with Crippen molar-refractivity contribution >= 4 is 11.8 Å². The van der Waals surface area contributed by atoms with Gasteiger partial charge in [-0.15, -0.1) is 0 Å². The van der Waals surface area contributed by atoms with Crippen LogP contribution in [0, 0.1) is 46.3 Å². The highest BCUT2D eigenvalue weighted by Crippen LogP contribution is 2.67. The van der Waals surface area contributed by atoms with Crippen molar-refractivity contribution < 1.29 is 19.8 Å². The topological polar surface area (TPSA) is 74.6 Å². The van der Waals surface area contributed by atoms with Crippen LogP contribution in [0.4, 0.5) is 0 Å². The molecule has 4 aliphatic rings. The molecule has 4 rings (SSSR count). The molecule has 4 heteroatoms. The lowest BCUT2D eigenvalue weighted by Crippen LogP contribution is -2.57. The molecule has 0 spiro atoms. The summed E-state index contributed by atoms with van der Waals surface area (Å²) in [7, 11) is 0. The van der Waals surface area contributed by atoms with E-state index in [-0.39, 0.29) is 29.3 Å². The predicted molar refractivity (Wildman–Crippen MR) is 108 cm³/mol. The highest BCUT2D eigenvalue weighted by Gasteiger charge is 2.62. The summed E-state index contributed by atoms with van der Waals surface area (Å²) < 4.78 is 0. The fourth-order valence-corrected chi connectivity index (χ4v) is 8.44. The van der Waals surface area contributed by atoms with Crippen LogP contribution in [0.3, 0.4) is 0 Å². The van der Waals surface area contributed by atoms with Crippen molar-refractivity contribution in [1.82, 2.24) is 0 Å². The Kier molecular flexibility index (Phi) is 5.17. The third kappa shape index (κ3) is 3.05. The van der Waals surface area contributed by atoms with Crippen LogP contribution in [0.5, 0.6) is 0 Å². The van der Waals surface area contributed by atoms with Crippen molar-refractivity contribution in [3.05, 3.63) is 0 Å². The molecular formula is C24H38O4. The first-order valence-corrected chi connectivity index (χ1v) is 11.6. The molecule has 5 unspecified atom stereocenters. The maximum Gasteiger partial charge on any atom is 0.303 e. The number of aliphatic hydroxyl groups is 1. The second kappa shape index (κ2) is 7.11. The molecule has 0 aromatic heterocycles. The Bertz CT molecular complexity index is 645. The zero-order valence-electron chi connectivity index (χ0n) is 17.8. The van der Waals surface area contributed by atoms with Crippen molar-refractivity contribution in [2.75, 3.05) is 0 Å². The summed E-state index contributed by atoms with van der Waals surface area (Å²) in [5, 5.41) is 19.3. The average Bonchev–Trinajstić information content (AvgIpc) is 2.98. The predicted octanol–water partition coefficient (Wildman–Crippen LogP) is 4.69. The summed E-state index contributed by atoms with van der Waals surface area (Å²) in [6.45, 7) is 7.06. The van der Waals surface area contributed by atoms with Crippen molar-refractivity contribution in [2.24, 2.45) is 46.3 Å². The van der Waals surface area contributed by atoms with Crippen LogP contribution < -0.4 is 0 Å². The second-order valence-electron chi connectivity index (χ2n) is 11.2. The zero-order chi connectivity index (χ0) is 20.3. The van der Waals surface area contributed by atoms with Gasteiger partial charge in [0, 0.05) is 18.8 Å². The average molecular weight is 391 g/mol. The SMILES string of the molecule is CC(CCC(=O)O)[C@H]1CC[C@H]2[C@@H]3C(=O)C[C@@H]4CC(O)CCC4(C)C3CCC12C. The number of ketones is 1. The van der Waals surface area contributed by atoms with Gasteiger partial charge in [0.1, 0.15) is 5.78 Å². The fraction of sp³-hybridized carbons (Fsp3) is 0.917. The number of fused-ring (bicyclic) bond motifs is 5. The number of hydrogen-bond acceptors (Lipinski definition) is 3. The molecule has 4 nitrogen and oxygen atoms in total. The van der Waals surface area contributed by atoms with Gasteiger partial charge in [-0.1, -0.05) is 20.8 Å². The third-order valence-corrected chi connectivity index (χ3v) is 10.0. The summed E-state index contributed by atoms with van der Waals surface area (Å²) in [6, 6.07) is 0. The molecular weight excluding hydrogens is 352 g/mol. The van der Waals surface area contributed by atoms with E-state index in [9.17, 15) is 14.7 Å². The molecule has 0 aliphatic heterocycles. The van der Waals surface area contributed by atoms with Gasteiger partial charge in [0.05, 0.1) is 6.10 Å². The molecule has 0 aromatic carbocycles. The smallest absolute Gasteiger partial charge is 0.303 e. The summed E-state index contributed by atoms with van der Waals surface area (Å²) in [5.41, 5.74) is 0.401. The van der Waals surface area contributed by atoms with Gasteiger partial charge in [0.2, 0.25) is 0 Å². The van der Waals surface area contributed by atoms with Gasteiger partial charge in [-0.05, 0) is 91.8 Å². The normalized spacial score (nSPS) is 49.1. The number of carbonyl (C=O) groups is 2. The first kappa shape index (κ1) is 20.4. The molecule has 0 amide bonds. The standard InChI is InChI=1S/C24H38O4/c1-14(4-7-21(27)28)17-5-6-18-22-19(9-11-24(17,18)3)23(2)10-8-16(25)12-15(23)13-20(22)26/h14-19,22,25H,4-13H2,1-3H3,(H,27,28)/t14?,15-,16?,17+,18-,19?,22-,23?,24?/m0/s1. The number of aliphatic carboxylic acids is 1. The van der Waals surface area contributed by atoms with Gasteiger partial charge in [0.25, 0.3) is 0 Å². The van der Waals surface area contributed by atoms with E-state index >= 15 is 0 Å². The van der Waals surface area contributed by atoms with Crippen molar-refractivity contribution in [1.29, 1.82) is 0 Å². The van der Waals surface area contributed by atoms with Crippen LogP contribution in [0.1, 0.15) is 85.0 Å². The van der Waals surface area contributed by atoms with E-state index in [0.29, 0.717) is 41.8 Å². The minimum atomic E-state index is -0.698. The van der Waals surface area contributed by atoms with Crippen LogP contribution >= 0.6 is 0 Å². The minimum Gasteiger partial charge on any atom is -0.481 e. The molecule has 4 fully saturated rings. The summed E-state index contributed by atoms with van der Waals surface area (Å²) >= 11 is 0. The maximum atomic E-state index is 13.3. The Hall–Kier alpha value is -0.900. The Morgan fingerprint density at radius 3 is 2.50 bits per heavy atom. The number of hydrogen-bond donors (Lipinski definition) is 2. The van der Waals surface area contributed by atoms with Gasteiger partial charge in [-0.2, -0.15) is 0 Å². The zero-order valence-corrected chi connectivity index (χ0v) is 17.8. The number of carbonyl (C=O) groups excluding carboxylic acids is 1. The lowest BCUT2D eigenvalue weighted by Gasteiger charge is -2.60. The number of rotatable bonds is 4. The lowest BCUT2D eigenvalue weighted by atomic mass is 9.44. The van der Waals surface area contributed by atoms with Gasteiger partial charge in [-0.25, -0.2) is 0 Å². The van der Waals surface area contributed by atoms with E-state index in [1.54, 1.807) is 0 Å². The number of carboxylic acids is 1. The minimum absolute atomic E-state index is 0.187. The van der Waals surface area contributed by atoms with Crippen molar-refractivity contribution in [3.8, 4) is 0 Å². The third-order valence-electron chi connectivity index (χ3n) is 10.0. The molecule has 0 aromatic rings. The van der Waals surface area contributed by atoms with E-state index in [4.69, 9.17) is 5.11 Å². The van der Waals surface area contributed by atoms with Crippen LogP contribution in [-0.2, 0) is 9.59 Å². The van der Waals surface area contributed by atoms with E-state index in [1.807, 2.05) is 0 Å². The number of Topliss-reactive ketones (excluding diaryl/α,β-unsaturated/α-hetero) is 1. The van der Waals surface area contributed by atoms with Crippen LogP contribution in [0.25, 0.3) is 0 Å². The van der Waals surface area contributed by atoms with Crippen LogP contribution in [-0.4, -0.2) is 28.1 Å². The van der Waals surface area contributed by atoms with Crippen LogP contribution in [0.2, 0.25) is 0 Å². The Balaban J connectivity index is 1.56. The fourth-order valence-electron chi connectivity index (χ4n) is 8.44. The second-order valence-corrected chi connectivity index (χ2v) is 11.2. The highest BCUT2D eigenvalue weighted by atomic mass is 16.4. The van der Waals surface area contributed by atoms with E-state index < -0.39 is 5.97 Å². The quantitative estimate of drug-likeness (QED) is 0.730. The molecule has 28 heavy (non-hydrogen) atoms. The Labute approximate surface area is 169 Å². The monoisotopic (exact) mass is 390 g/mol. The molecule has 9 atom stereocenters. The van der Waals surface area contributed by atoms with E-state index in [2.05, 4.69) is 20.8 Å². The first-order chi connectivity index (χ1) is 13.2. The molecule has 2 N–H and O–H groups in total. The summed E-state index contributed by atoms with van der Waals surface area (Å²) in [6.07, 6.45) is 8.81. The van der Waals surface area contributed by atoms with Gasteiger partial charge < -0.3 is 10.2 Å². The van der Waals surface area contributed by atoms with Crippen molar-refractivity contribution in [3.63, 3.8) is 0 Å². The van der Waals surface area contributed by atoms with E-state index in [0.717, 1.165) is 44.9 Å². The van der Waals surface area contributed by atoms with Crippen molar-refractivity contribution in [2.45, 2.75) is 91.1 Å². The van der Waals surface area contributed by atoms with Crippen LogP contribution in [0.15, 0.2) is 0 Å². The molecule has 4 aliphatic carbocycles. The summed E-state index contributed by atoms with van der Waals surface area (Å²) in [4.78, 5) is 24.4. The molecule has 0 heterocycles. The molecule has 158 valence electrons. The lowest BCUT2D eigenvalue weighted by molar-refractivity contribution is -0.160. The molecule has 0 radical (unpaired) electrons. The molecule has 0 saturated heterocycles. The Morgan fingerprint density at radius 2 is 1.79 bits per heavy atom. The molecule has 4 saturated carbocycles. The number of carboxylic acid groups (broad SMARTS) is 1. The largest absolute Gasteiger partial charge is 0.481 e. The van der Waals surface area contributed by atoms with Gasteiger partial charge >= 0.3 is 5.97 Å². The van der Waals surface area contributed by atoms with Gasteiger partial charge in [0.15, 0.2) is 0 Å². The van der Waals surface area contributed by atoms with Gasteiger partial charge in [-0.3, -0.25) is 9.59 Å². The highest BCUT2D eigenvalue weighted by molar-refractivity contribution is 5.83. The summed E-state index contributed by atoms with van der Waals surface area (Å²) in [5.74, 6) is 2.25. The maximum absolute atomic E-state index is 13.3. The number of aliphatic hydroxyl groups excluding tert-OH is 1. The molecule has 0 bridgehead atoms. The first-order valence-electron chi connectivity index (χ1n) is 11.6.